The molecule has 2 N–H and O–H groups in total. The van der Waals surface area contributed by atoms with Gasteiger partial charge in [-0.15, -0.1) is 11.8 Å². The molecule has 3 nitrogen and oxygen atoms in total. The Morgan fingerprint density at radius 3 is 2.75 bits per heavy atom. The molecule has 0 saturated carbocycles. The summed E-state index contributed by atoms with van der Waals surface area (Å²) in [4.78, 5) is 12.2. The number of carbonyl (C=O) groups is 1. The zero-order valence-corrected chi connectivity index (χ0v) is 13.0. The third kappa shape index (κ3) is 5.13. The van der Waals surface area contributed by atoms with E-state index in [-0.39, 0.29) is 29.9 Å². The summed E-state index contributed by atoms with van der Waals surface area (Å²) in [6, 6.07) is 6.36. The van der Waals surface area contributed by atoms with Crippen molar-refractivity contribution < 1.29 is 14.3 Å². The van der Waals surface area contributed by atoms with E-state index in [0.29, 0.717) is 4.90 Å². The fourth-order valence-electron chi connectivity index (χ4n) is 1.65. The van der Waals surface area contributed by atoms with Gasteiger partial charge in [-0.25, -0.2) is 4.39 Å². The number of amides is 1. The van der Waals surface area contributed by atoms with Gasteiger partial charge in [-0.3, -0.25) is 4.79 Å². The number of thioether (sulfide) groups is 1. The molecular formula is C15H22FNO2S. The lowest BCUT2D eigenvalue weighted by Gasteiger charge is -2.29. The predicted molar refractivity (Wildman–Crippen MR) is 80.2 cm³/mol. The van der Waals surface area contributed by atoms with Gasteiger partial charge in [0.05, 0.1) is 11.4 Å². The summed E-state index contributed by atoms with van der Waals surface area (Å²) in [5.41, 5.74) is -0.924. The summed E-state index contributed by atoms with van der Waals surface area (Å²) in [5.74, 6) is -0.293. The molecule has 0 saturated heterocycles. The molecule has 1 rings (SSSR count). The highest BCUT2D eigenvalue weighted by Crippen LogP contribution is 2.21. The second kappa shape index (κ2) is 7.64. The van der Waals surface area contributed by atoms with Crippen molar-refractivity contribution in [3.05, 3.63) is 30.1 Å². The van der Waals surface area contributed by atoms with Crippen molar-refractivity contribution in [3.8, 4) is 0 Å². The first kappa shape index (κ1) is 17.0. The highest BCUT2D eigenvalue weighted by atomic mass is 32.2. The van der Waals surface area contributed by atoms with Gasteiger partial charge in [0.1, 0.15) is 5.82 Å². The van der Waals surface area contributed by atoms with Gasteiger partial charge >= 0.3 is 0 Å². The molecule has 0 aliphatic carbocycles. The van der Waals surface area contributed by atoms with E-state index in [1.807, 2.05) is 13.8 Å². The van der Waals surface area contributed by atoms with E-state index in [4.69, 9.17) is 0 Å². The molecule has 0 radical (unpaired) electrons. The number of nitrogens with one attached hydrogen (secondary N) is 1. The van der Waals surface area contributed by atoms with Crippen molar-refractivity contribution in [3.63, 3.8) is 0 Å². The smallest absolute Gasteiger partial charge is 0.230 e. The Labute approximate surface area is 124 Å². The van der Waals surface area contributed by atoms with Crippen LogP contribution < -0.4 is 5.32 Å². The molecule has 0 aliphatic rings. The maximum Gasteiger partial charge on any atom is 0.230 e. The minimum atomic E-state index is -0.924. The Balaban J connectivity index is 2.40. The molecule has 112 valence electrons. The number of halogens is 1. The van der Waals surface area contributed by atoms with Crippen LogP contribution in [0.4, 0.5) is 4.39 Å². The molecule has 1 aromatic rings. The Kier molecular flexibility index (Phi) is 6.49. The van der Waals surface area contributed by atoms with Gasteiger partial charge in [-0.1, -0.05) is 32.4 Å². The third-order valence-corrected chi connectivity index (χ3v) is 4.56. The largest absolute Gasteiger partial charge is 0.388 e. The summed E-state index contributed by atoms with van der Waals surface area (Å²) >= 11 is 1.15. The van der Waals surface area contributed by atoms with E-state index < -0.39 is 5.60 Å². The van der Waals surface area contributed by atoms with Crippen LogP contribution in [-0.2, 0) is 4.79 Å². The Bertz CT molecular complexity index is 451. The molecule has 0 fully saturated rings. The topological polar surface area (TPSA) is 49.3 Å². The summed E-state index contributed by atoms with van der Waals surface area (Å²) in [6.07, 6.45) is 0.840. The second-order valence-electron chi connectivity index (χ2n) is 5.16. The van der Waals surface area contributed by atoms with E-state index >= 15 is 0 Å². The van der Waals surface area contributed by atoms with Gasteiger partial charge < -0.3 is 10.4 Å². The van der Waals surface area contributed by atoms with Crippen LogP contribution in [0.2, 0.25) is 0 Å². The number of aliphatic hydroxyl groups is 1. The van der Waals surface area contributed by atoms with Gasteiger partial charge in [0.15, 0.2) is 0 Å². The first-order valence-electron chi connectivity index (χ1n) is 6.73. The maximum atomic E-state index is 13.4. The third-order valence-electron chi connectivity index (χ3n) is 3.51. The van der Waals surface area contributed by atoms with Crippen molar-refractivity contribution in [2.45, 2.75) is 37.7 Å². The average Bonchev–Trinajstić information content (AvgIpc) is 2.43. The van der Waals surface area contributed by atoms with Crippen molar-refractivity contribution in [1.82, 2.24) is 5.32 Å². The Morgan fingerprint density at radius 2 is 2.15 bits per heavy atom. The second-order valence-corrected chi connectivity index (χ2v) is 6.18. The molecule has 1 amide bonds. The zero-order valence-electron chi connectivity index (χ0n) is 12.1. The van der Waals surface area contributed by atoms with Gasteiger partial charge in [0, 0.05) is 11.4 Å². The summed E-state index contributed by atoms with van der Waals surface area (Å²) in [6.45, 7) is 5.86. The maximum absolute atomic E-state index is 13.4. The monoisotopic (exact) mass is 299 g/mol. The SMILES string of the molecule is CCC(C)C(C)(O)CNC(=O)CSc1ccccc1F. The van der Waals surface area contributed by atoms with Crippen molar-refractivity contribution in [2.75, 3.05) is 12.3 Å². The molecule has 0 heterocycles. The summed E-state index contributed by atoms with van der Waals surface area (Å²) in [7, 11) is 0. The molecule has 2 atom stereocenters. The van der Waals surface area contributed by atoms with E-state index in [0.717, 1.165) is 18.2 Å². The fraction of sp³-hybridized carbons (Fsp3) is 0.533. The molecule has 0 bridgehead atoms. The first-order chi connectivity index (χ1) is 9.36. The van der Waals surface area contributed by atoms with E-state index in [2.05, 4.69) is 5.32 Å². The number of carbonyl (C=O) groups excluding carboxylic acids is 1. The molecule has 5 heteroatoms. The lowest BCUT2D eigenvalue weighted by atomic mass is 9.89. The average molecular weight is 299 g/mol. The van der Waals surface area contributed by atoms with Crippen LogP contribution in [0.3, 0.4) is 0 Å². The lowest BCUT2D eigenvalue weighted by Crippen LogP contribution is -2.45. The van der Waals surface area contributed by atoms with E-state index in [9.17, 15) is 14.3 Å². The Morgan fingerprint density at radius 1 is 1.50 bits per heavy atom. The lowest BCUT2D eigenvalue weighted by molar-refractivity contribution is -0.120. The first-order valence-corrected chi connectivity index (χ1v) is 7.71. The Hall–Kier alpha value is -1.07. The fourth-order valence-corrected chi connectivity index (χ4v) is 2.42. The van der Waals surface area contributed by atoms with Gasteiger partial charge in [0.25, 0.3) is 0 Å². The van der Waals surface area contributed by atoms with Gasteiger partial charge in [0.2, 0.25) is 5.91 Å². The molecular weight excluding hydrogens is 277 g/mol. The van der Waals surface area contributed by atoms with Crippen LogP contribution in [0.5, 0.6) is 0 Å². The van der Waals surface area contributed by atoms with Crippen molar-refractivity contribution in [2.24, 2.45) is 5.92 Å². The molecule has 0 spiro atoms. The summed E-state index contributed by atoms with van der Waals surface area (Å²) in [5, 5.41) is 12.9. The summed E-state index contributed by atoms with van der Waals surface area (Å²) < 4.78 is 13.4. The highest BCUT2D eigenvalue weighted by Gasteiger charge is 2.27. The molecule has 0 aromatic heterocycles. The molecule has 20 heavy (non-hydrogen) atoms. The zero-order chi connectivity index (χ0) is 15.2. The van der Waals surface area contributed by atoms with Crippen LogP contribution >= 0.6 is 11.8 Å². The molecule has 1 aromatic carbocycles. The molecule has 0 aliphatic heterocycles. The van der Waals surface area contributed by atoms with E-state index in [1.165, 1.54) is 6.07 Å². The standard InChI is InChI=1S/C15H22FNO2S/c1-4-11(2)15(3,19)10-17-14(18)9-20-13-8-6-5-7-12(13)16/h5-8,11,19H,4,9-10H2,1-3H3,(H,17,18). The van der Waals surface area contributed by atoms with Crippen LogP contribution in [0.1, 0.15) is 27.2 Å². The van der Waals surface area contributed by atoms with E-state index in [1.54, 1.807) is 25.1 Å². The predicted octanol–water partition coefficient (Wildman–Crippen LogP) is 2.83. The minimum Gasteiger partial charge on any atom is -0.388 e. The van der Waals surface area contributed by atoms with Crippen molar-refractivity contribution >= 4 is 17.7 Å². The minimum absolute atomic E-state index is 0.0991. The van der Waals surface area contributed by atoms with Crippen LogP contribution in [0, 0.1) is 11.7 Å². The van der Waals surface area contributed by atoms with Gasteiger partial charge in [-0.2, -0.15) is 0 Å². The highest BCUT2D eigenvalue weighted by molar-refractivity contribution is 8.00. The van der Waals surface area contributed by atoms with Crippen LogP contribution in [-0.4, -0.2) is 28.9 Å². The molecule has 2 unspecified atom stereocenters. The number of benzene rings is 1. The number of hydrogen-bond donors (Lipinski definition) is 2. The van der Waals surface area contributed by atoms with Gasteiger partial charge in [-0.05, 0) is 25.0 Å². The number of hydrogen-bond acceptors (Lipinski definition) is 3. The number of rotatable bonds is 7. The quantitative estimate of drug-likeness (QED) is 0.761. The van der Waals surface area contributed by atoms with Crippen molar-refractivity contribution in [1.29, 1.82) is 0 Å². The van der Waals surface area contributed by atoms with Crippen LogP contribution in [0.25, 0.3) is 0 Å². The van der Waals surface area contributed by atoms with Crippen LogP contribution in [0.15, 0.2) is 29.2 Å². The normalized spacial score (nSPS) is 15.4.